The van der Waals surface area contributed by atoms with Crippen molar-refractivity contribution in [1.29, 1.82) is 0 Å². The minimum atomic E-state index is -0.963. The number of nitrogens with zero attached hydrogens (tertiary/aromatic N) is 1. The van der Waals surface area contributed by atoms with E-state index in [-0.39, 0.29) is 17.2 Å². The van der Waals surface area contributed by atoms with Crippen molar-refractivity contribution in [1.82, 2.24) is 4.90 Å². The van der Waals surface area contributed by atoms with Gasteiger partial charge in [-0.15, -0.1) is 0 Å². The van der Waals surface area contributed by atoms with Crippen LogP contribution in [0.4, 0.5) is 0 Å². The molecule has 110 valence electrons. The monoisotopic (exact) mass is 351 g/mol. The fourth-order valence-corrected chi connectivity index (χ4v) is 2.26. The number of halogens is 1. The molecule has 21 heavy (non-hydrogen) atoms. The van der Waals surface area contributed by atoms with Gasteiger partial charge in [0.15, 0.2) is 10.4 Å². The molecule has 6 heteroatoms. The molecule has 0 fully saturated rings. The quantitative estimate of drug-likeness (QED) is 0.898. The van der Waals surface area contributed by atoms with Crippen molar-refractivity contribution in [3.8, 4) is 0 Å². The van der Waals surface area contributed by atoms with Gasteiger partial charge in [-0.3, -0.25) is 4.79 Å². The van der Waals surface area contributed by atoms with Crippen LogP contribution in [0.2, 0.25) is 0 Å². The zero-order valence-corrected chi connectivity index (χ0v) is 13.0. The Bertz CT molecular complexity index is 665. The molecule has 0 saturated carbocycles. The van der Waals surface area contributed by atoms with Crippen LogP contribution in [0.1, 0.15) is 26.5 Å². The molecule has 0 aliphatic carbocycles. The highest BCUT2D eigenvalue weighted by Crippen LogP contribution is 2.16. The molecule has 1 amide bonds. The van der Waals surface area contributed by atoms with E-state index in [1.807, 2.05) is 0 Å². The molecule has 1 aromatic heterocycles. The number of likely N-dealkylation sites (N-methyl/N-ethyl adjacent to an activating group) is 1. The van der Waals surface area contributed by atoms with E-state index in [2.05, 4.69) is 15.9 Å². The minimum absolute atomic E-state index is 0.242. The van der Waals surface area contributed by atoms with Gasteiger partial charge in [0.1, 0.15) is 0 Å². The number of amides is 1. The van der Waals surface area contributed by atoms with E-state index in [9.17, 15) is 9.59 Å². The molecule has 5 nitrogen and oxygen atoms in total. The Kier molecular flexibility index (Phi) is 4.80. The van der Waals surface area contributed by atoms with Crippen LogP contribution >= 0.6 is 15.9 Å². The second kappa shape index (κ2) is 6.58. The van der Waals surface area contributed by atoms with Gasteiger partial charge >= 0.3 is 5.97 Å². The van der Waals surface area contributed by atoms with E-state index in [1.165, 1.54) is 4.90 Å². The fraction of sp³-hybridized carbons (Fsp3) is 0.200. The molecule has 0 atom stereocenters. The van der Waals surface area contributed by atoms with Gasteiger partial charge in [0.2, 0.25) is 0 Å². The first-order chi connectivity index (χ1) is 9.99. The van der Waals surface area contributed by atoms with Crippen LogP contribution in [0.25, 0.3) is 0 Å². The number of carboxylic acid groups (broad SMARTS) is 1. The first-order valence-electron chi connectivity index (χ1n) is 6.31. The Hall–Kier alpha value is -2.08. The lowest BCUT2D eigenvalue weighted by atomic mass is 10.0. The summed E-state index contributed by atoms with van der Waals surface area (Å²) in [6.45, 7) is 0.404. The molecular weight excluding hydrogens is 338 g/mol. The largest absolute Gasteiger partial charge is 0.478 e. The maximum Gasteiger partial charge on any atom is 0.335 e. The van der Waals surface area contributed by atoms with Crippen LogP contribution in [0.5, 0.6) is 0 Å². The smallest absolute Gasteiger partial charge is 0.335 e. The first-order valence-corrected chi connectivity index (χ1v) is 7.10. The fourth-order valence-electron chi connectivity index (χ4n) is 1.95. The lowest BCUT2D eigenvalue weighted by molar-refractivity contribution is 0.0695. The van der Waals surface area contributed by atoms with Gasteiger partial charge in [-0.2, -0.15) is 0 Å². The van der Waals surface area contributed by atoms with Gasteiger partial charge in [0.05, 0.1) is 5.56 Å². The summed E-state index contributed by atoms with van der Waals surface area (Å²) in [4.78, 5) is 24.7. The van der Waals surface area contributed by atoms with Crippen molar-refractivity contribution in [2.24, 2.45) is 0 Å². The summed E-state index contributed by atoms with van der Waals surface area (Å²) in [6.07, 6.45) is 0.465. The predicted molar refractivity (Wildman–Crippen MR) is 80.5 cm³/mol. The number of carboxylic acids is 1. The highest BCUT2D eigenvalue weighted by Gasteiger charge is 2.16. The molecule has 0 unspecified atom stereocenters. The van der Waals surface area contributed by atoms with Crippen molar-refractivity contribution < 1.29 is 19.1 Å². The summed E-state index contributed by atoms with van der Waals surface area (Å²) in [7, 11) is 1.65. The zero-order valence-electron chi connectivity index (χ0n) is 11.4. The Morgan fingerprint density at radius 3 is 2.57 bits per heavy atom. The molecule has 0 saturated heterocycles. The zero-order chi connectivity index (χ0) is 15.4. The third-order valence-corrected chi connectivity index (χ3v) is 3.52. The van der Waals surface area contributed by atoms with Gasteiger partial charge in [-0.05, 0) is 46.1 Å². The van der Waals surface area contributed by atoms with E-state index in [4.69, 9.17) is 9.52 Å². The summed E-state index contributed by atoms with van der Waals surface area (Å²) < 4.78 is 5.71. The van der Waals surface area contributed by atoms with E-state index in [0.29, 0.717) is 23.2 Å². The Morgan fingerprint density at radius 1 is 1.24 bits per heavy atom. The Balaban J connectivity index is 2.03. The number of hydrogen-bond donors (Lipinski definition) is 1. The second-order valence-electron chi connectivity index (χ2n) is 4.54. The van der Waals surface area contributed by atoms with E-state index < -0.39 is 5.97 Å². The van der Waals surface area contributed by atoms with Crippen LogP contribution in [0, 0.1) is 0 Å². The predicted octanol–water partition coefficient (Wildman–Crippen LogP) is 3.06. The maximum atomic E-state index is 12.1. The summed E-state index contributed by atoms with van der Waals surface area (Å²) in [6, 6.07) is 10.0. The minimum Gasteiger partial charge on any atom is -0.478 e. The molecule has 1 N–H and O–H groups in total. The van der Waals surface area contributed by atoms with E-state index in [1.54, 1.807) is 43.4 Å². The van der Waals surface area contributed by atoms with Crippen molar-refractivity contribution in [3.63, 3.8) is 0 Å². The number of carbonyl (C=O) groups excluding carboxylic acids is 1. The van der Waals surface area contributed by atoms with Crippen molar-refractivity contribution >= 4 is 27.8 Å². The molecule has 1 heterocycles. The standard InChI is InChI=1S/C15H14BrNO4/c1-17(14(18)12-6-7-13(16)21-12)9-8-10-4-2-3-5-11(10)15(19)20/h2-7H,8-9H2,1H3,(H,19,20). The van der Waals surface area contributed by atoms with E-state index >= 15 is 0 Å². The summed E-state index contributed by atoms with van der Waals surface area (Å²) >= 11 is 3.15. The highest BCUT2D eigenvalue weighted by atomic mass is 79.9. The number of furan rings is 1. The lowest BCUT2D eigenvalue weighted by Crippen LogP contribution is -2.28. The van der Waals surface area contributed by atoms with Gasteiger partial charge < -0.3 is 14.4 Å². The summed E-state index contributed by atoms with van der Waals surface area (Å²) in [5.41, 5.74) is 0.962. The molecule has 0 aliphatic heterocycles. The Labute approximate surface area is 130 Å². The normalized spacial score (nSPS) is 10.4. The van der Waals surface area contributed by atoms with Crippen LogP contribution in [-0.2, 0) is 6.42 Å². The molecule has 0 spiro atoms. The average molecular weight is 352 g/mol. The Morgan fingerprint density at radius 2 is 1.95 bits per heavy atom. The maximum absolute atomic E-state index is 12.1. The molecule has 2 aromatic rings. The molecule has 0 radical (unpaired) electrons. The van der Waals surface area contributed by atoms with Gasteiger partial charge in [-0.25, -0.2) is 4.79 Å². The number of hydrogen-bond acceptors (Lipinski definition) is 3. The summed E-state index contributed by atoms with van der Waals surface area (Å²) in [5.74, 6) is -0.959. The SMILES string of the molecule is CN(CCc1ccccc1C(=O)O)C(=O)c1ccc(Br)o1. The molecule has 0 aliphatic rings. The summed E-state index contributed by atoms with van der Waals surface area (Å²) in [5, 5.41) is 9.12. The van der Waals surface area contributed by atoms with Crippen molar-refractivity contribution in [3.05, 3.63) is 58.0 Å². The number of carbonyl (C=O) groups is 2. The lowest BCUT2D eigenvalue weighted by Gasteiger charge is -2.16. The molecule has 0 bridgehead atoms. The van der Waals surface area contributed by atoms with Crippen molar-refractivity contribution in [2.75, 3.05) is 13.6 Å². The first kappa shape index (κ1) is 15.3. The van der Waals surface area contributed by atoms with Crippen LogP contribution in [0.15, 0.2) is 45.5 Å². The molecular formula is C15H14BrNO4. The number of benzene rings is 1. The highest BCUT2D eigenvalue weighted by molar-refractivity contribution is 9.10. The van der Waals surface area contributed by atoms with Crippen LogP contribution in [0.3, 0.4) is 0 Å². The van der Waals surface area contributed by atoms with Crippen LogP contribution < -0.4 is 0 Å². The van der Waals surface area contributed by atoms with Gasteiger partial charge in [0, 0.05) is 13.6 Å². The van der Waals surface area contributed by atoms with Crippen molar-refractivity contribution in [2.45, 2.75) is 6.42 Å². The third-order valence-electron chi connectivity index (χ3n) is 3.10. The number of aromatic carboxylic acids is 1. The molecule has 2 rings (SSSR count). The van der Waals surface area contributed by atoms with Crippen LogP contribution in [-0.4, -0.2) is 35.5 Å². The van der Waals surface area contributed by atoms with E-state index in [0.717, 1.165) is 0 Å². The average Bonchev–Trinajstić information content (AvgIpc) is 2.90. The second-order valence-corrected chi connectivity index (χ2v) is 5.32. The third kappa shape index (κ3) is 3.72. The van der Waals surface area contributed by atoms with Gasteiger partial charge in [-0.1, -0.05) is 18.2 Å². The number of rotatable bonds is 5. The molecule has 1 aromatic carbocycles. The van der Waals surface area contributed by atoms with Gasteiger partial charge in [0.25, 0.3) is 5.91 Å². The topological polar surface area (TPSA) is 70.8 Å².